The second kappa shape index (κ2) is 9.48. The molecule has 5 rings (SSSR count). The highest BCUT2D eigenvalue weighted by Crippen LogP contribution is 2.43. The molecule has 0 bridgehead atoms. The molecule has 38 heavy (non-hydrogen) atoms. The van der Waals surface area contributed by atoms with Crippen LogP contribution in [0.25, 0.3) is 0 Å². The van der Waals surface area contributed by atoms with Gasteiger partial charge in [-0.1, -0.05) is 23.0 Å². The first-order valence-electron chi connectivity index (χ1n) is 12.8. The van der Waals surface area contributed by atoms with Gasteiger partial charge in [0.05, 0.1) is 6.20 Å². The molecule has 0 unspecified atom stereocenters. The zero-order valence-corrected chi connectivity index (χ0v) is 21.5. The molecule has 0 atom stereocenters. The van der Waals surface area contributed by atoms with Crippen molar-refractivity contribution in [2.45, 2.75) is 64.3 Å². The van der Waals surface area contributed by atoms with Gasteiger partial charge in [-0.2, -0.15) is 13.2 Å². The molecular formula is C26H32F3N5O4. The molecule has 1 spiro atoms. The predicted octanol–water partition coefficient (Wildman–Crippen LogP) is 3.21. The molecule has 3 aliphatic rings. The van der Waals surface area contributed by atoms with Gasteiger partial charge in [0, 0.05) is 31.6 Å². The summed E-state index contributed by atoms with van der Waals surface area (Å²) in [7, 11) is 0. The number of piperidine rings is 2. The number of halogens is 3. The van der Waals surface area contributed by atoms with E-state index in [1.54, 1.807) is 4.90 Å². The van der Waals surface area contributed by atoms with Gasteiger partial charge in [-0.25, -0.2) is 4.79 Å². The summed E-state index contributed by atoms with van der Waals surface area (Å²) in [5, 5.41) is 3.53. The number of carbonyl (C=O) groups excluding carboxylic acids is 2. The smallest absolute Gasteiger partial charge is 0.487 e. The van der Waals surface area contributed by atoms with Gasteiger partial charge in [-0.3, -0.25) is 9.69 Å². The highest BCUT2D eigenvalue weighted by molar-refractivity contribution is 5.98. The molecule has 12 heteroatoms. The van der Waals surface area contributed by atoms with Crippen LogP contribution >= 0.6 is 0 Å². The number of amides is 1. The number of benzene rings is 1. The van der Waals surface area contributed by atoms with Crippen LogP contribution in [-0.2, 0) is 17.8 Å². The van der Waals surface area contributed by atoms with Crippen molar-refractivity contribution >= 4 is 17.7 Å². The Bertz CT molecular complexity index is 1220. The van der Waals surface area contributed by atoms with Crippen molar-refractivity contribution in [3.05, 3.63) is 41.1 Å². The summed E-state index contributed by atoms with van der Waals surface area (Å²) < 4.78 is 43.6. The number of aromatic nitrogens is 2. The van der Waals surface area contributed by atoms with E-state index >= 15 is 0 Å². The topological polar surface area (TPSA) is 103 Å². The number of anilines is 1. The van der Waals surface area contributed by atoms with Crippen molar-refractivity contribution in [1.82, 2.24) is 19.7 Å². The van der Waals surface area contributed by atoms with Crippen LogP contribution in [0.15, 0.2) is 24.4 Å². The lowest BCUT2D eigenvalue weighted by Crippen LogP contribution is -2.48. The van der Waals surface area contributed by atoms with Gasteiger partial charge in [0.15, 0.2) is 5.82 Å². The average molecular weight is 536 g/mol. The molecule has 9 nitrogen and oxygen atoms in total. The van der Waals surface area contributed by atoms with Gasteiger partial charge in [-0.05, 0) is 63.6 Å². The van der Waals surface area contributed by atoms with Gasteiger partial charge < -0.3 is 20.2 Å². The number of nitrogens with zero attached hydrogens (tertiary/aromatic N) is 4. The Morgan fingerprint density at radius 1 is 1.11 bits per heavy atom. The van der Waals surface area contributed by atoms with Crippen LogP contribution in [0, 0.1) is 5.41 Å². The molecule has 2 aromatic rings. The molecule has 2 N–H and O–H groups in total. The Kier molecular flexibility index (Phi) is 6.57. The summed E-state index contributed by atoms with van der Waals surface area (Å²) in [6.45, 7) is 8.03. The molecule has 206 valence electrons. The molecule has 0 radical (unpaired) electrons. The van der Waals surface area contributed by atoms with E-state index in [2.05, 4.69) is 46.9 Å². The summed E-state index contributed by atoms with van der Waals surface area (Å²) in [6, 6.07) is 6.39. The van der Waals surface area contributed by atoms with E-state index in [1.165, 1.54) is 11.1 Å². The van der Waals surface area contributed by atoms with Crippen LogP contribution in [0.3, 0.4) is 0 Å². The quantitative estimate of drug-likeness (QED) is 0.641. The number of ether oxygens (including phenoxy) is 1. The highest BCUT2D eigenvalue weighted by Gasteiger charge is 2.43. The van der Waals surface area contributed by atoms with Crippen LogP contribution in [0.1, 0.15) is 61.0 Å². The van der Waals surface area contributed by atoms with E-state index in [0.29, 0.717) is 13.1 Å². The van der Waals surface area contributed by atoms with Crippen molar-refractivity contribution in [1.29, 1.82) is 0 Å². The van der Waals surface area contributed by atoms with Gasteiger partial charge in [0.25, 0.3) is 5.91 Å². The number of para-hydroxylation sites is 1. The van der Waals surface area contributed by atoms with Crippen molar-refractivity contribution < 1.29 is 32.3 Å². The van der Waals surface area contributed by atoms with Crippen LogP contribution in [0.4, 0.5) is 19.0 Å². The Balaban J connectivity index is 1.14. The Labute approximate surface area is 218 Å². The maximum Gasteiger partial charge on any atom is 0.493 e. The predicted molar refractivity (Wildman–Crippen MR) is 131 cm³/mol. The third-order valence-corrected chi connectivity index (χ3v) is 7.95. The lowest BCUT2D eigenvalue weighted by molar-refractivity contribution is -0.201. The van der Waals surface area contributed by atoms with Crippen LogP contribution in [-0.4, -0.2) is 69.6 Å². The minimum absolute atomic E-state index is 0.0912. The first-order chi connectivity index (χ1) is 17.8. The number of alkyl halides is 3. The van der Waals surface area contributed by atoms with Crippen molar-refractivity contribution in [3.8, 4) is 5.75 Å². The molecular weight excluding hydrogens is 503 g/mol. The van der Waals surface area contributed by atoms with E-state index in [4.69, 9.17) is 10.5 Å². The standard InChI is InChI=1S/C26H32F3N5O4/c1-24(2)14-17-4-3-5-18(20(17)37-24)15-32-10-6-25(7-11-32)8-12-33(13-9-25)22(35)19-16-34(31-21(19)30)38-23(36)26(27,28)29/h3-5,16H,6-15H2,1-2H3,(H2,30,31). The van der Waals surface area contributed by atoms with Gasteiger partial charge >= 0.3 is 12.1 Å². The summed E-state index contributed by atoms with van der Waals surface area (Å²) >= 11 is 0. The highest BCUT2D eigenvalue weighted by atomic mass is 19.4. The molecule has 4 heterocycles. The normalized spacial score (nSPS) is 20.7. The minimum Gasteiger partial charge on any atom is -0.487 e. The molecule has 0 saturated carbocycles. The fraction of sp³-hybridized carbons (Fsp3) is 0.577. The Morgan fingerprint density at radius 3 is 2.42 bits per heavy atom. The van der Waals surface area contributed by atoms with Gasteiger partial charge in [-0.15, -0.1) is 5.10 Å². The van der Waals surface area contributed by atoms with Crippen molar-refractivity contribution in [3.63, 3.8) is 0 Å². The van der Waals surface area contributed by atoms with Crippen LogP contribution < -0.4 is 15.3 Å². The maximum atomic E-state index is 13.0. The number of carbonyl (C=O) groups is 2. The third kappa shape index (κ3) is 5.31. The lowest BCUT2D eigenvalue weighted by atomic mass is 9.71. The Hall–Kier alpha value is -3.28. The summed E-state index contributed by atoms with van der Waals surface area (Å²) in [6.07, 6.45) is 0.375. The Morgan fingerprint density at radius 2 is 1.76 bits per heavy atom. The fourth-order valence-electron chi connectivity index (χ4n) is 5.80. The first-order valence-corrected chi connectivity index (χ1v) is 12.8. The lowest BCUT2D eigenvalue weighted by Gasteiger charge is -2.47. The summed E-state index contributed by atoms with van der Waals surface area (Å²) in [5.41, 5.74) is 8.11. The number of nitrogens with two attached hydrogens (primary N) is 1. The second-order valence-corrected chi connectivity index (χ2v) is 11.2. The molecule has 3 aliphatic heterocycles. The van der Waals surface area contributed by atoms with E-state index in [0.717, 1.165) is 63.7 Å². The van der Waals surface area contributed by atoms with Gasteiger partial charge in [0.1, 0.15) is 16.9 Å². The second-order valence-electron chi connectivity index (χ2n) is 11.2. The number of hydrogen-bond donors (Lipinski definition) is 1. The molecule has 1 amide bonds. The monoisotopic (exact) mass is 535 g/mol. The van der Waals surface area contributed by atoms with E-state index in [1.807, 2.05) is 0 Å². The van der Waals surface area contributed by atoms with Crippen LogP contribution in [0.2, 0.25) is 0 Å². The number of hydrogen-bond acceptors (Lipinski definition) is 7. The zero-order valence-electron chi connectivity index (χ0n) is 21.5. The average Bonchev–Trinajstić information content (AvgIpc) is 3.38. The van der Waals surface area contributed by atoms with Crippen LogP contribution in [0.5, 0.6) is 5.75 Å². The van der Waals surface area contributed by atoms with Gasteiger partial charge in [0.2, 0.25) is 0 Å². The molecule has 1 aromatic carbocycles. The minimum atomic E-state index is -5.19. The van der Waals surface area contributed by atoms with Crippen molar-refractivity contribution in [2.75, 3.05) is 31.9 Å². The largest absolute Gasteiger partial charge is 0.493 e. The molecule has 2 saturated heterocycles. The number of nitrogen functional groups attached to an aromatic ring is 1. The van der Waals surface area contributed by atoms with E-state index in [-0.39, 0.29) is 27.2 Å². The number of likely N-dealkylation sites (tertiary alicyclic amines) is 2. The fourth-order valence-corrected chi connectivity index (χ4v) is 5.80. The molecule has 1 aromatic heterocycles. The maximum absolute atomic E-state index is 13.0. The van der Waals surface area contributed by atoms with E-state index < -0.39 is 18.1 Å². The molecule has 2 fully saturated rings. The number of fused-ring (bicyclic) bond motifs is 1. The van der Waals surface area contributed by atoms with E-state index in [9.17, 15) is 22.8 Å². The SMILES string of the molecule is CC1(C)Cc2cccc(CN3CCC4(CC3)CCN(C(=O)c3cn(OC(=O)C(F)(F)F)nc3N)CC4)c2O1. The van der Waals surface area contributed by atoms with Crippen molar-refractivity contribution in [2.24, 2.45) is 5.41 Å². The first kappa shape index (κ1) is 26.3. The summed E-state index contributed by atoms with van der Waals surface area (Å²) in [4.78, 5) is 32.5. The zero-order chi connectivity index (χ0) is 27.3. The number of rotatable bonds is 4. The molecule has 0 aliphatic carbocycles. The summed E-state index contributed by atoms with van der Waals surface area (Å²) in [5.74, 6) is -2.15. The third-order valence-electron chi connectivity index (χ3n) is 7.95.